The van der Waals surface area contributed by atoms with Gasteiger partial charge in [-0.15, -0.1) is 0 Å². The first-order valence-electron chi connectivity index (χ1n) is 7.46. The summed E-state index contributed by atoms with van der Waals surface area (Å²) < 4.78 is 7.56. The molecule has 19 heavy (non-hydrogen) atoms. The van der Waals surface area contributed by atoms with Crippen molar-refractivity contribution in [3.63, 3.8) is 0 Å². The Bertz CT molecular complexity index is 504. The minimum absolute atomic E-state index is 0.0988. The molecule has 102 valence electrons. The largest absolute Gasteiger partial charge is 0.487 e. The van der Waals surface area contributed by atoms with E-state index in [0.29, 0.717) is 0 Å². The van der Waals surface area contributed by atoms with Crippen molar-refractivity contribution in [1.29, 1.82) is 0 Å². The predicted octanol–water partition coefficient (Wildman–Crippen LogP) is 3.77. The van der Waals surface area contributed by atoms with Crippen molar-refractivity contribution in [2.75, 3.05) is 13.1 Å². The van der Waals surface area contributed by atoms with Crippen LogP contribution in [0.3, 0.4) is 0 Å². The van der Waals surface area contributed by atoms with Gasteiger partial charge in [0, 0.05) is 36.3 Å². The zero-order valence-electron chi connectivity index (χ0n) is 11.2. The lowest BCUT2D eigenvalue weighted by atomic mass is 9.80. The second-order valence-corrected chi connectivity index (χ2v) is 7.27. The molecule has 2 atom stereocenters. The molecular weight excluding hydrogens is 302 g/mol. The Kier molecular flexibility index (Phi) is 2.89. The first kappa shape index (κ1) is 12.2. The predicted molar refractivity (Wildman–Crippen MR) is 79.7 cm³/mol. The van der Waals surface area contributed by atoms with E-state index in [9.17, 15) is 0 Å². The van der Waals surface area contributed by atoms with Crippen LogP contribution in [0.5, 0.6) is 5.75 Å². The summed E-state index contributed by atoms with van der Waals surface area (Å²) in [5.74, 6) is 1.12. The molecule has 1 aromatic rings. The van der Waals surface area contributed by atoms with E-state index < -0.39 is 0 Å². The van der Waals surface area contributed by atoms with Crippen molar-refractivity contribution < 1.29 is 4.74 Å². The van der Waals surface area contributed by atoms with Crippen LogP contribution >= 0.6 is 15.9 Å². The second-order valence-electron chi connectivity index (χ2n) is 6.35. The van der Waals surface area contributed by atoms with Crippen molar-refractivity contribution in [2.24, 2.45) is 0 Å². The van der Waals surface area contributed by atoms with Crippen molar-refractivity contribution in [3.05, 3.63) is 28.2 Å². The Morgan fingerprint density at radius 2 is 2.21 bits per heavy atom. The smallest absolute Gasteiger partial charge is 0.123 e. The zero-order chi connectivity index (χ0) is 12.9. The van der Waals surface area contributed by atoms with Crippen molar-refractivity contribution in [2.45, 2.75) is 50.2 Å². The van der Waals surface area contributed by atoms with Crippen molar-refractivity contribution in [1.82, 2.24) is 4.90 Å². The monoisotopic (exact) mass is 321 g/mol. The summed E-state index contributed by atoms with van der Waals surface area (Å²) in [4.78, 5) is 2.69. The SMILES string of the molecule is Brc1ccc2c(c1)C[C@@]1(CCN3CCCC[C@H]3C1)O2. The average Bonchev–Trinajstić information content (AvgIpc) is 2.75. The zero-order valence-corrected chi connectivity index (χ0v) is 12.8. The summed E-state index contributed by atoms with van der Waals surface area (Å²) in [6, 6.07) is 7.21. The van der Waals surface area contributed by atoms with Crippen LogP contribution < -0.4 is 4.74 Å². The lowest BCUT2D eigenvalue weighted by Crippen LogP contribution is -2.54. The van der Waals surface area contributed by atoms with Crippen molar-refractivity contribution >= 4 is 15.9 Å². The second kappa shape index (κ2) is 4.49. The number of rotatable bonds is 0. The number of ether oxygens (including phenoxy) is 1. The highest BCUT2D eigenvalue weighted by Crippen LogP contribution is 2.44. The third-order valence-corrected chi connectivity index (χ3v) is 5.57. The fraction of sp³-hybridized carbons (Fsp3) is 0.625. The van der Waals surface area contributed by atoms with Gasteiger partial charge in [0.25, 0.3) is 0 Å². The van der Waals surface area contributed by atoms with Gasteiger partial charge in [0.05, 0.1) is 0 Å². The Hall–Kier alpha value is -0.540. The van der Waals surface area contributed by atoms with Gasteiger partial charge in [0.1, 0.15) is 11.4 Å². The molecule has 0 saturated carbocycles. The molecule has 1 spiro atoms. The van der Waals surface area contributed by atoms with Crippen LogP contribution in [0, 0.1) is 0 Å². The van der Waals surface area contributed by atoms with Crippen LogP contribution in [0.15, 0.2) is 22.7 Å². The summed E-state index contributed by atoms with van der Waals surface area (Å²) in [5.41, 5.74) is 1.49. The van der Waals surface area contributed by atoms with Crippen LogP contribution in [-0.2, 0) is 6.42 Å². The first-order valence-corrected chi connectivity index (χ1v) is 8.25. The highest BCUT2D eigenvalue weighted by Gasteiger charge is 2.45. The highest BCUT2D eigenvalue weighted by atomic mass is 79.9. The molecule has 0 bridgehead atoms. The van der Waals surface area contributed by atoms with Gasteiger partial charge in [-0.3, -0.25) is 0 Å². The third kappa shape index (κ3) is 2.11. The molecular formula is C16H20BrNO. The van der Waals surface area contributed by atoms with Gasteiger partial charge in [0.15, 0.2) is 0 Å². The van der Waals surface area contributed by atoms with E-state index >= 15 is 0 Å². The van der Waals surface area contributed by atoms with Gasteiger partial charge in [-0.25, -0.2) is 0 Å². The number of piperidine rings is 2. The number of benzene rings is 1. The topological polar surface area (TPSA) is 12.5 Å². The average molecular weight is 322 g/mol. The Labute approximate surface area is 123 Å². The fourth-order valence-corrected chi connectivity index (χ4v) is 4.53. The standard InChI is InChI=1S/C16H20BrNO/c17-13-4-5-15-12(9-13)10-16(19-15)6-8-18-7-2-1-3-14(18)11-16/h4-5,9,14H,1-3,6-8,10-11H2/t14-,16+/m0/s1. The maximum atomic E-state index is 6.39. The molecule has 2 saturated heterocycles. The summed E-state index contributed by atoms with van der Waals surface area (Å²) in [6.45, 7) is 2.53. The van der Waals surface area contributed by atoms with Gasteiger partial charge >= 0.3 is 0 Å². The van der Waals surface area contributed by atoms with Gasteiger partial charge in [-0.05, 0) is 43.1 Å². The van der Waals surface area contributed by atoms with Crippen LogP contribution in [0.4, 0.5) is 0 Å². The van der Waals surface area contributed by atoms with E-state index in [1.54, 1.807) is 0 Å². The minimum atomic E-state index is 0.0988. The summed E-state index contributed by atoms with van der Waals surface area (Å²) in [7, 11) is 0. The molecule has 0 unspecified atom stereocenters. The molecule has 0 radical (unpaired) electrons. The quantitative estimate of drug-likeness (QED) is 0.721. The fourth-order valence-electron chi connectivity index (χ4n) is 4.12. The van der Waals surface area contributed by atoms with Crippen LogP contribution in [0.1, 0.15) is 37.7 Å². The molecule has 3 heteroatoms. The molecule has 1 aromatic carbocycles. The highest BCUT2D eigenvalue weighted by molar-refractivity contribution is 9.10. The van der Waals surface area contributed by atoms with Gasteiger partial charge in [0.2, 0.25) is 0 Å². The molecule has 2 nitrogen and oxygen atoms in total. The summed E-state index contributed by atoms with van der Waals surface area (Å²) in [6.07, 6.45) is 7.67. The summed E-state index contributed by atoms with van der Waals surface area (Å²) in [5, 5.41) is 0. The minimum Gasteiger partial charge on any atom is -0.487 e. The van der Waals surface area contributed by atoms with Crippen LogP contribution in [-0.4, -0.2) is 29.6 Å². The van der Waals surface area contributed by atoms with Crippen LogP contribution in [0.25, 0.3) is 0 Å². The van der Waals surface area contributed by atoms with Crippen molar-refractivity contribution in [3.8, 4) is 5.75 Å². The maximum absolute atomic E-state index is 6.39. The van der Waals surface area contributed by atoms with E-state index in [0.717, 1.165) is 18.2 Å². The number of halogens is 1. The lowest BCUT2D eigenvalue weighted by molar-refractivity contribution is -0.0249. The Balaban J connectivity index is 1.57. The number of nitrogens with zero attached hydrogens (tertiary/aromatic N) is 1. The first-order chi connectivity index (χ1) is 9.24. The van der Waals surface area contributed by atoms with Gasteiger partial charge in [-0.1, -0.05) is 22.4 Å². The molecule has 0 N–H and O–H groups in total. The molecule has 4 rings (SSSR count). The van der Waals surface area contributed by atoms with Gasteiger partial charge < -0.3 is 9.64 Å². The number of hydrogen-bond donors (Lipinski definition) is 0. The van der Waals surface area contributed by atoms with E-state index in [1.807, 2.05) is 0 Å². The Morgan fingerprint density at radius 3 is 3.16 bits per heavy atom. The van der Waals surface area contributed by atoms with E-state index in [1.165, 1.54) is 55.2 Å². The number of fused-ring (bicyclic) bond motifs is 2. The molecule has 3 aliphatic heterocycles. The van der Waals surface area contributed by atoms with E-state index in [2.05, 4.69) is 39.0 Å². The molecule has 2 fully saturated rings. The Morgan fingerprint density at radius 1 is 1.26 bits per heavy atom. The molecule has 0 amide bonds. The van der Waals surface area contributed by atoms with E-state index in [-0.39, 0.29) is 5.60 Å². The summed E-state index contributed by atoms with van der Waals surface area (Å²) >= 11 is 3.57. The molecule has 3 aliphatic rings. The van der Waals surface area contributed by atoms with Gasteiger partial charge in [-0.2, -0.15) is 0 Å². The number of hydrogen-bond acceptors (Lipinski definition) is 2. The maximum Gasteiger partial charge on any atom is 0.123 e. The third-order valence-electron chi connectivity index (χ3n) is 5.07. The van der Waals surface area contributed by atoms with E-state index in [4.69, 9.17) is 4.74 Å². The molecule has 0 aliphatic carbocycles. The molecule has 0 aromatic heterocycles. The molecule has 3 heterocycles. The lowest BCUT2D eigenvalue weighted by Gasteiger charge is -2.46. The van der Waals surface area contributed by atoms with Crippen LogP contribution in [0.2, 0.25) is 0 Å². The normalized spacial score (nSPS) is 33.8.